The molecule has 0 atom stereocenters. The van der Waals surface area contributed by atoms with Gasteiger partial charge in [-0.2, -0.15) is 5.10 Å². The molecule has 0 aliphatic heterocycles. The Labute approximate surface area is 96.5 Å². The molecular formula is C11H7ClN4. The smallest absolute Gasteiger partial charge is 0.172 e. The molecule has 4 nitrogen and oxygen atoms in total. The molecule has 0 radical (unpaired) electrons. The van der Waals surface area contributed by atoms with Gasteiger partial charge in [0, 0.05) is 12.4 Å². The van der Waals surface area contributed by atoms with Gasteiger partial charge in [0.05, 0.1) is 16.7 Å². The molecule has 0 N–H and O–H groups in total. The van der Waals surface area contributed by atoms with E-state index in [0.717, 1.165) is 11.0 Å². The van der Waals surface area contributed by atoms with Crippen molar-refractivity contribution in [1.29, 1.82) is 0 Å². The van der Waals surface area contributed by atoms with E-state index in [9.17, 15) is 0 Å². The van der Waals surface area contributed by atoms with Crippen molar-refractivity contribution >= 4 is 22.6 Å². The maximum absolute atomic E-state index is 6.07. The summed E-state index contributed by atoms with van der Waals surface area (Å²) < 4.78 is 1.69. The highest BCUT2D eigenvalue weighted by molar-refractivity contribution is 6.32. The highest BCUT2D eigenvalue weighted by Crippen LogP contribution is 2.20. The normalized spacial score (nSPS) is 10.8. The van der Waals surface area contributed by atoms with Crippen LogP contribution in [0.15, 0.2) is 42.9 Å². The summed E-state index contributed by atoms with van der Waals surface area (Å²) in [5.74, 6) is 0.618. The molecule has 0 aromatic carbocycles. The lowest BCUT2D eigenvalue weighted by atomic mass is 10.4. The third-order valence-corrected chi connectivity index (χ3v) is 2.57. The van der Waals surface area contributed by atoms with Crippen molar-refractivity contribution in [3.63, 3.8) is 0 Å². The first-order valence-corrected chi connectivity index (χ1v) is 5.14. The van der Waals surface area contributed by atoms with E-state index < -0.39 is 0 Å². The molecule has 0 fully saturated rings. The Balaban J connectivity index is 2.31. The highest BCUT2D eigenvalue weighted by atomic mass is 35.5. The standard InChI is InChI=1S/C11H7ClN4/c12-8-3-1-6-14-11(8)16-10-4-2-5-13-9(10)7-15-16/h1-7H. The first kappa shape index (κ1) is 9.30. The lowest BCUT2D eigenvalue weighted by molar-refractivity contribution is 0.875. The molecule has 3 aromatic heterocycles. The number of hydrogen-bond acceptors (Lipinski definition) is 3. The molecule has 78 valence electrons. The van der Waals surface area contributed by atoms with Crippen LogP contribution in [0.2, 0.25) is 5.02 Å². The summed E-state index contributed by atoms with van der Waals surface area (Å²) in [6.45, 7) is 0. The molecule has 0 unspecified atom stereocenters. The summed E-state index contributed by atoms with van der Waals surface area (Å²) in [4.78, 5) is 8.41. The van der Waals surface area contributed by atoms with E-state index in [0.29, 0.717) is 10.8 Å². The predicted molar refractivity (Wildman–Crippen MR) is 61.7 cm³/mol. The van der Waals surface area contributed by atoms with E-state index in [1.807, 2.05) is 12.1 Å². The van der Waals surface area contributed by atoms with E-state index in [-0.39, 0.29) is 0 Å². The molecule has 0 bridgehead atoms. The molecule has 0 saturated heterocycles. The van der Waals surface area contributed by atoms with Gasteiger partial charge in [0.25, 0.3) is 0 Å². The first-order chi connectivity index (χ1) is 7.86. The van der Waals surface area contributed by atoms with Gasteiger partial charge < -0.3 is 0 Å². The molecule has 0 aliphatic carbocycles. The van der Waals surface area contributed by atoms with Crippen molar-refractivity contribution in [2.45, 2.75) is 0 Å². The van der Waals surface area contributed by atoms with Crippen LogP contribution in [0.5, 0.6) is 0 Å². The van der Waals surface area contributed by atoms with Crippen molar-refractivity contribution in [2.24, 2.45) is 0 Å². The van der Waals surface area contributed by atoms with E-state index >= 15 is 0 Å². The average molecular weight is 231 g/mol. The van der Waals surface area contributed by atoms with Crippen LogP contribution in [0.25, 0.3) is 16.9 Å². The molecule has 3 rings (SSSR count). The van der Waals surface area contributed by atoms with Crippen LogP contribution in [0.4, 0.5) is 0 Å². The zero-order valence-electron chi connectivity index (χ0n) is 8.21. The Bertz CT molecular complexity index is 647. The molecule has 3 aromatic rings. The van der Waals surface area contributed by atoms with Crippen molar-refractivity contribution in [3.05, 3.63) is 47.9 Å². The van der Waals surface area contributed by atoms with Crippen LogP contribution in [0.1, 0.15) is 0 Å². The molecule has 0 amide bonds. The number of pyridine rings is 2. The lowest BCUT2D eigenvalue weighted by Crippen LogP contribution is -1.99. The van der Waals surface area contributed by atoms with Crippen molar-refractivity contribution < 1.29 is 0 Å². The fraction of sp³-hybridized carbons (Fsp3) is 0. The van der Waals surface area contributed by atoms with Gasteiger partial charge in [-0.3, -0.25) is 4.98 Å². The van der Waals surface area contributed by atoms with Crippen molar-refractivity contribution in [2.75, 3.05) is 0 Å². The molecule has 0 saturated carbocycles. The van der Waals surface area contributed by atoms with Gasteiger partial charge in [0.2, 0.25) is 0 Å². The van der Waals surface area contributed by atoms with E-state index in [1.165, 1.54) is 0 Å². The third kappa shape index (κ3) is 1.35. The van der Waals surface area contributed by atoms with E-state index in [4.69, 9.17) is 11.6 Å². The van der Waals surface area contributed by atoms with Crippen molar-refractivity contribution in [1.82, 2.24) is 19.7 Å². The Kier molecular flexibility index (Phi) is 2.08. The van der Waals surface area contributed by atoms with Gasteiger partial charge in [0.1, 0.15) is 5.52 Å². The Morgan fingerprint density at radius 3 is 2.75 bits per heavy atom. The van der Waals surface area contributed by atoms with Gasteiger partial charge in [-0.25, -0.2) is 9.67 Å². The Hall–Kier alpha value is -1.94. The second-order valence-corrected chi connectivity index (χ2v) is 3.68. The summed E-state index contributed by atoms with van der Waals surface area (Å²) in [6, 6.07) is 7.36. The summed E-state index contributed by atoms with van der Waals surface area (Å²) >= 11 is 6.07. The second-order valence-electron chi connectivity index (χ2n) is 3.27. The molecule has 5 heteroatoms. The van der Waals surface area contributed by atoms with Gasteiger partial charge >= 0.3 is 0 Å². The van der Waals surface area contributed by atoms with Crippen LogP contribution >= 0.6 is 11.6 Å². The van der Waals surface area contributed by atoms with Gasteiger partial charge in [-0.05, 0) is 24.3 Å². The van der Waals surface area contributed by atoms with E-state index in [2.05, 4.69) is 15.1 Å². The maximum atomic E-state index is 6.07. The molecule has 3 heterocycles. The van der Waals surface area contributed by atoms with Gasteiger partial charge in [-0.1, -0.05) is 11.6 Å². The summed E-state index contributed by atoms with van der Waals surface area (Å²) in [5, 5.41) is 4.80. The minimum absolute atomic E-state index is 0.566. The Morgan fingerprint density at radius 1 is 1.06 bits per heavy atom. The fourth-order valence-corrected chi connectivity index (χ4v) is 1.77. The van der Waals surface area contributed by atoms with Gasteiger partial charge in [0.15, 0.2) is 5.82 Å². The second kappa shape index (κ2) is 3.57. The van der Waals surface area contributed by atoms with E-state index in [1.54, 1.807) is 35.4 Å². The summed E-state index contributed by atoms with van der Waals surface area (Å²) in [6.07, 6.45) is 5.11. The molecule has 16 heavy (non-hydrogen) atoms. The lowest BCUT2D eigenvalue weighted by Gasteiger charge is -2.03. The van der Waals surface area contributed by atoms with Crippen LogP contribution in [0.3, 0.4) is 0 Å². The summed E-state index contributed by atoms with van der Waals surface area (Å²) in [5.41, 5.74) is 1.72. The van der Waals surface area contributed by atoms with Crippen LogP contribution in [0, 0.1) is 0 Å². The van der Waals surface area contributed by atoms with Crippen LogP contribution < -0.4 is 0 Å². The number of nitrogens with zero attached hydrogens (tertiary/aromatic N) is 4. The Morgan fingerprint density at radius 2 is 1.88 bits per heavy atom. The molecule has 0 spiro atoms. The highest BCUT2D eigenvalue weighted by Gasteiger charge is 2.08. The molecule has 0 aliphatic rings. The van der Waals surface area contributed by atoms with Gasteiger partial charge in [-0.15, -0.1) is 0 Å². The minimum atomic E-state index is 0.566. The monoisotopic (exact) mass is 230 g/mol. The first-order valence-electron chi connectivity index (χ1n) is 4.76. The predicted octanol–water partition coefficient (Wildman–Crippen LogP) is 2.47. The number of rotatable bonds is 1. The van der Waals surface area contributed by atoms with Crippen LogP contribution in [-0.2, 0) is 0 Å². The number of hydrogen-bond donors (Lipinski definition) is 0. The summed E-state index contributed by atoms with van der Waals surface area (Å²) in [7, 11) is 0. The number of aromatic nitrogens is 4. The maximum Gasteiger partial charge on any atom is 0.172 e. The quantitative estimate of drug-likeness (QED) is 0.645. The number of fused-ring (bicyclic) bond motifs is 1. The van der Waals surface area contributed by atoms with Crippen molar-refractivity contribution in [3.8, 4) is 5.82 Å². The molecular weight excluding hydrogens is 224 g/mol. The SMILES string of the molecule is Clc1cccnc1-n1ncc2ncccc21. The minimum Gasteiger partial charge on any atom is -0.253 e. The number of halogens is 1. The zero-order chi connectivity index (χ0) is 11.0. The fourth-order valence-electron chi connectivity index (χ4n) is 1.56. The topological polar surface area (TPSA) is 43.6 Å². The average Bonchev–Trinajstić information content (AvgIpc) is 2.74. The third-order valence-electron chi connectivity index (χ3n) is 2.28. The van der Waals surface area contributed by atoms with Crippen LogP contribution in [-0.4, -0.2) is 19.7 Å². The largest absolute Gasteiger partial charge is 0.253 e. The zero-order valence-corrected chi connectivity index (χ0v) is 8.96.